The molecule has 1 aliphatic heterocycles. The molecule has 4 aliphatic rings. The Labute approximate surface area is 135 Å². The fraction of sp³-hybridized carbons (Fsp3) is 0.950. The first-order valence-electron chi connectivity index (χ1n) is 9.71. The van der Waals surface area contributed by atoms with Gasteiger partial charge in [-0.05, 0) is 68.6 Å². The molecule has 22 heavy (non-hydrogen) atoms. The summed E-state index contributed by atoms with van der Waals surface area (Å²) in [5.41, 5.74) is 0.319. The van der Waals surface area contributed by atoms with Crippen LogP contribution in [0.5, 0.6) is 0 Å². The topological polar surface area (TPSA) is 29.6 Å². The number of ether oxygens (including phenoxy) is 1. The second-order valence-electron chi connectivity index (χ2n) is 9.09. The molecule has 0 aromatic carbocycles. The summed E-state index contributed by atoms with van der Waals surface area (Å²) in [7, 11) is 0. The largest absolute Gasteiger partial charge is 0.370 e. The lowest BCUT2D eigenvalue weighted by atomic mass is 9.56. The Hall–Kier alpha value is -0.370. The summed E-state index contributed by atoms with van der Waals surface area (Å²) >= 11 is 0. The van der Waals surface area contributed by atoms with Crippen LogP contribution in [0.25, 0.3) is 0 Å². The molecule has 2 nitrogen and oxygen atoms in total. The first-order chi connectivity index (χ1) is 10.5. The summed E-state index contributed by atoms with van der Waals surface area (Å²) in [6.07, 6.45) is 12.4. The Kier molecular flexibility index (Phi) is 3.67. The van der Waals surface area contributed by atoms with Crippen molar-refractivity contribution >= 4 is 5.78 Å². The van der Waals surface area contributed by atoms with Crippen LogP contribution in [0.15, 0.2) is 0 Å². The highest BCUT2D eigenvalue weighted by molar-refractivity contribution is 5.87. The summed E-state index contributed by atoms with van der Waals surface area (Å²) in [4.78, 5) is 12.4. The third-order valence-corrected chi connectivity index (χ3v) is 7.96. The summed E-state index contributed by atoms with van der Waals surface area (Å²) in [6.45, 7) is 5.79. The van der Waals surface area contributed by atoms with Crippen LogP contribution in [0, 0.1) is 29.1 Å². The minimum absolute atomic E-state index is 0.0336. The highest BCUT2D eigenvalue weighted by Gasteiger charge is 2.54. The molecule has 6 atom stereocenters. The minimum Gasteiger partial charge on any atom is -0.370 e. The van der Waals surface area contributed by atoms with E-state index in [9.17, 15) is 4.79 Å². The van der Waals surface area contributed by atoms with Crippen molar-refractivity contribution in [1.82, 2.24) is 0 Å². The van der Waals surface area contributed by atoms with Crippen molar-refractivity contribution < 1.29 is 9.53 Å². The summed E-state index contributed by atoms with van der Waals surface area (Å²) in [5.74, 6) is 3.74. The predicted octanol–water partition coefficient (Wildman–Crippen LogP) is 4.76. The van der Waals surface area contributed by atoms with E-state index in [4.69, 9.17) is 4.74 Å². The van der Waals surface area contributed by atoms with Gasteiger partial charge in [0.15, 0.2) is 0 Å². The van der Waals surface area contributed by atoms with E-state index < -0.39 is 0 Å². The molecule has 0 aromatic heterocycles. The van der Waals surface area contributed by atoms with Gasteiger partial charge in [-0.1, -0.05) is 26.7 Å². The third-order valence-electron chi connectivity index (χ3n) is 7.96. The normalized spacial score (nSPS) is 52.2. The van der Waals surface area contributed by atoms with Crippen LogP contribution in [0.2, 0.25) is 0 Å². The number of epoxide rings is 1. The van der Waals surface area contributed by atoms with Gasteiger partial charge in [-0.3, -0.25) is 4.79 Å². The highest BCUT2D eigenvalue weighted by atomic mass is 16.6. The number of rotatable bonds is 0. The SMILES string of the molecule is CC1CCC2(CCCCC3C1CCC1(C)C(=O)CCC31)CO2. The Balaban J connectivity index is 1.54. The lowest BCUT2D eigenvalue weighted by molar-refractivity contribution is -0.130. The molecule has 4 rings (SSSR count). The van der Waals surface area contributed by atoms with Crippen molar-refractivity contribution in [2.45, 2.75) is 83.7 Å². The highest BCUT2D eigenvalue weighted by Crippen LogP contribution is 2.58. The van der Waals surface area contributed by atoms with Gasteiger partial charge in [0.25, 0.3) is 0 Å². The van der Waals surface area contributed by atoms with Crippen molar-refractivity contribution in [2.75, 3.05) is 6.61 Å². The lowest BCUT2D eigenvalue weighted by Gasteiger charge is -2.48. The number of Topliss-reactive ketones (excluding diaryl/α,β-unsaturated/α-hetero) is 1. The number of fused-ring (bicyclic) bond motifs is 3. The maximum Gasteiger partial charge on any atom is 0.139 e. The Bertz CT molecular complexity index is 453. The Morgan fingerprint density at radius 2 is 1.82 bits per heavy atom. The molecule has 0 bridgehead atoms. The van der Waals surface area contributed by atoms with Crippen LogP contribution >= 0.6 is 0 Å². The summed E-state index contributed by atoms with van der Waals surface area (Å²) in [6, 6.07) is 0. The van der Waals surface area contributed by atoms with E-state index in [2.05, 4.69) is 13.8 Å². The fourth-order valence-electron chi connectivity index (χ4n) is 6.26. The second kappa shape index (κ2) is 5.33. The van der Waals surface area contributed by atoms with Crippen molar-refractivity contribution in [3.8, 4) is 0 Å². The fourth-order valence-corrected chi connectivity index (χ4v) is 6.26. The summed E-state index contributed by atoms with van der Waals surface area (Å²) < 4.78 is 5.81. The molecule has 0 N–H and O–H groups in total. The van der Waals surface area contributed by atoms with Crippen LogP contribution in [0.1, 0.15) is 78.1 Å². The molecule has 0 aromatic rings. The molecule has 3 aliphatic carbocycles. The zero-order chi connectivity index (χ0) is 15.4. The monoisotopic (exact) mass is 304 g/mol. The first-order valence-corrected chi connectivity index (χ1v) is 9.71. The van der Waals surface area contributed by atoms with E-state index in [1.54, 1.807) is 0 Å². The van der Waals surface area contributed by atoms with Gasteiger partial charge in [0, 0.05) is 11.8 Å². The maximum atomic E-state index is 12.4. The molecule has 6 unspecified atom stereocenters. The zero-order valence-electron chi connectivity index (χ0n) is 14.4. The standard InChI is InChI=1S/C20H32O2/c1-14-8-12-20(13-22-20)10-4-3-5-16-15(14)9-11-19(2)17(16)6-7-18(19)21/h14-17H,3-13H2,1-2H3. The second-order valence-corrected chi connectivity index (χ2v) is 9.09. The number of carbonyl (C=O) groups is 1. The van der Waals surface area contributed by atoms with E-state index >= 15 is 0 Å². The molecular weight excluding hydrogens is 272 g/mol. The minimum atomic E-state index is 0.0336. The average molecular weight is 304 g/mol. The predicted molar refractivity (Wildman–Crippen MR) is 87.6 cm³/mol. The Morgan fingerprint density at radius 3 is 2.59 bits per heavy atom. The van der Waals surface area contributed by atoms with Gasteiger partial charge in [0.2, 0.25) is 0 Å². The Morgan fingerprint density at radius 1 is 1.00 bits per heavy atom. The molecule has 0 amide bonds. The maximum absolute atomic E-state index is 12.4. The van der Waals surface area contributed by atoms with E-state index in [0.717, 1.165) is 37.2 Å². The van der Waals surface area contributed by atoms with Crippen molar-refractivity contribution in [3.05, 3.63) is 0 Å². The summed E-state index contributed by atoms with van der Waals surface area (Å²) in [5, 5.41) is 0. The van der Waals surface area contributed by atoms with Crippen molar-refractivity contribution in [1.29, 1.82) is 0 Å². The van der Waals surface area contributed by atoms with Gasteiger partial charge in [-0.2, -0.15) is 0 Å². The smallest absolute Gasteiger partial charge is 0.139 e. The number of hydrogen-bond acceptors (Lipinski definition) is 2. The van der Waals surface area contributed by atoms with Crippen LogP contribution < -0.4 is 0 Å². The van der Waals surface area contributed by atoms with Gasteiger partial charge in [-0.15, -0.1) is 0 Å². The van der Waals surface area contributed by atoms with Gasteiger partial charge in [-0.25, -0.2) is 0 Å². The van der Waals surface area contributed by atoms with Gasteiger partial charge < -0.3 is 4.74 Å². The van der Waals surface area contributed by atoms with E-state index in [1.807, 2.05) is 0 Å². The quantitative estimate of drug-likeness (QED) is 0.604. The first kappa shape index (κ1) is 15.2. The molecule has 3 saturated carbocycles. The molecule has 4 fully saturated rings. The van der Waals surface area contributed by atoms with Crippen LogP contribution in [-0.2, 0) is 9.53 Å². The van der Waals surface area contributed by atoms with E-state index in [0.29, 0.717) is 11.7 Å². The zero-order valence-corrected chi connectivity index (χ0v) is 14.4. The molecule has 1 heterocycles. The molecular formula is C20H32O2. The van der Waals surface area contributed by atoms with E-state index in [1.165, 1.54) is 51.4 Å². The van der Waals surface area contributed by atoms with Crippen LogP contribution in [0.3, 0.4) is 0 Å². The molecule has 2 heteroatoms. The van der Waals surface area contributed by atoms with Gasteiger partial charge >= 0.3 is 0 Å². The molecule has 1 saturated heterocycles. The third kappa shape index (κ3) is 2.37. The average Bonchev–Trinajstić information content (AvgIpc) is 3.21. The number of hydrogen-bond donors (Lipinski definition) is 0. The van der Waals surface area contributed by atoms with Gasteiger partial charge in [0.05, 0.1) is 12.2 Å². The van der Waals surface area contributed by atoms with E-state index in [-0.39, 0.29) is 11.0 Å². The lowest BCUT2D eigenvalue weighted by Crippen LogP contribution is -2.43. The number of ketones is 1. The van der Waals surface area contributed by atoms with Crippen LogP contribution in [-0.4, -0.2) is 18.0 Å². The molecule has 0 radical (unpaired) electrons. The van der Waals surface area contributed by atoms with Crippen molar-refractivity contribution in [2.24, 2.45) is 29.1 Å². The van der Waals surface area contributed by atoms with Crippen molar-refractivity contribution in [3.63, 3.8) is 0 Å². The van der Waals surface area contributed by atoms with Crippen LogP contribution in [0.4, 0.5) is 0 Å². The van der Waals surface area contributed by atoms with Gasteiger partial charge in [0.1, 0.15) is 5.78 Å². The number of carbonyl (C=O) groups excluding carboxylic acids is 1. The molecule has 124 valence electrons. The molecule has 1 spiro atoms.